The zero-order valence-electron chi connectivity index (χ0n) is 10.9. The van der Waals surface area contributed by atoms with Crippen LogP contribution in [0.5, 0.6) is 5.88 Å². The minimum atomic E-state index is 0.0161. The van der Waals surface area contributed by atoms with Crippen LogP contribution in [-0.2, 0) is 18.6 Å². The van der Waals surface area contributed by atoms with E-state index in [2.05, 4.69) is 10.2 Å². The van der Waals surface area contributed by atoms with Crippen LogP contribution in [0.1, 0.15) is 11.3 Å². The molecule has 0 aliphatic rings. The van der Waals surface area contributed by atoms with Gasteiger partial charge in [-0.3, -0.25) is 4.79 Å². The van der Waals surface area contributed by atoms with Gasteiger partial charge in [0.2, 0.25) is 5.88 Å². The first kappa shape index (κ1) is 13.6. The number of methoxy groups -OCH3 is 1. The predicted octanol–water partition coefficient (Wildman–Crippen LogP) is 1.62. The second-order valence-electron chi connectivity index (χ2n) is 4.04. The topological polar surface area (TPSA) is 57.0 Å². The lowest BCUT2D eigenvalue weighted by molar-refractivity contribution is 0.391. The Labute approximate surface area is 115 Å². The second kappa shape index (κ2) is 6.38. The Kier molecular flexibility index (Phi) is 4.57. The summed E-state index contributed by atoms with van der Waals surface area (Å²) in [7, 11) is 3.31. The van der Waals surface area contributed by atoms with Gasteiger partial charge in [0, 0.05) is 36.9 Å². The highest BCUT2D eigenvalue weighted by atomic mass is 32.2. The van der Waals surface area contributed by atoms with Crippen LogP contribution in [0.2, 0.25) is 0 Å². The minimum absolute atomic E-state index is 0.0161. The number of ether oxygens (including phenoxy) is 1. The molecule has 0 aliphatic heterocycles. The van der Waals surface area contributed by atoms with Crippen molar-refractivity contribution in [3.63, 3.8) is 0 Å². The highest BCUT2D eigenvalue weighted by Crippen LogP contribution is 2.16. The van der Waals surface area contributed by atoms with Gasteiger partial charge in [-0.25, -0.2) is 0 Å². The Morgan fingerprint density at radius 1 is 1.26 bits per heavy atom. The van der Waals surface area contributed by atoms with Gasteiger partial charge < -0.3 is 9.30 Å². The average molecular weight is 277 g/mol. The van der Waals surface area contributed by atoms with E-state index in [9.17, 15) is 4.79 Å². The Bertz CT molecular complexity index is 596. The van der Waals surface area contributed by atoms with Gasteiger partial charge in [-0.2, -0.15) is 16.9 Å². The largest absolute Gasteiger partial charge is 0.480 e. The lowest BCUT2D eigenvalue weighted by Crippen LogP contribution is -2.14. The third-order valence-electron chi connectivity index (χ3n) is 2.59. The summed E-state index contributed by atoms with van der Waals surface area (Å²) >= 11 is 1.70. The fourth-order valence-corrected chi connectivity index (χ4v) is 2.37. The first-order valence-corrected chi connectivity index (χ1v) is 6.94. The molecule has 0 unspecified atom stereocenters. The van der Waals surface area contributed by atoms with Crippen LogP contribution in [0.25, 0.3) is 0 Å². The standard InChI is InChI=1S/C13H15N3O2S/c1-16-6-5-10(7-13(16)17)8-19-9-11-3-4-12(18-2)15-14-11/h3-7H,8-9H2,1-2H3. The van der Waals surface area contributed by atoms with Gasteiger partial charge in [0.25, 0.3) is 5.56 Å². The van der Waals surface area contributed by atoms with Crippen molar-refractivity contribution in [2.24, 2.45) is 7.05 Å². The van der Waals surface area contributed by atoms with Crippen molar-refractivity contribution in [1.29, 1.82) is 0 Å². The molecule has 0 saturated heterocycles. The molecule has 5 nitrogen and oxygen atoms in total. The molecule has 2 aromatic rings. The summed E-state index contributed by atoms with van der Waals surface area (Å²) in [6.45, 7) is 0. The van der Waals surface area contributed by atoms with E-state index in [-0.39, 0.29) is 5.56 Å². The molecule has 2 heterocycles. The molecule has 100 valence electrons. The molecule has 0 spiro atoms. The summed E-state index contributed by atoms with van der Waals surface area (Å²) in [5.41, 5.74) is 1.94. The molecule has 19 heavy (non-hydrogen) atoms. The number of hydrogen-bond donors (Lipinski definition) is 0. The summed E-state index contributed by atoms with van der Waals surface area (Å²) in [5, 5.41) is 7.96. The molecule has 0 bridgehead atoms. The normalized spacial score (nSPS) is 10.4. The number of aromatic nitrogens is 3. The van der Waals surface area contributed by atoms with E-state index in [1.807, 2.05) is 12.1 Å². The Morgan fingerprint density at radius 3 is 2.74 bits per heavy atom. The number of pyridine rings is 1. The van der Waals surface area contributed by atoms with Gasteiger partial charge in [-0.15, -0.1) is 5.10 Å². The molecule has 0 atom stereocenters. The van der Waals surface area contributed by atoms with Crippen molar-refractivity contribution in [3.05, 3.63) is 52.1 Å². The smallest absolute Gasteiger partial charge is 0.250 e. The third-order valence-corrected chi connectivity index (χ3v) is 3.63. The molecule has 0 fully saturated rings. The van der Waals surface area contributed by atoms with E-state index in [0.29, 0.717) is 5.88 Å². The monoisotopic (exact) mass is 277 g/mol. The van der Waals surface area contributed by atoms with E-state index >= 15 is 0 Å². The maximum absolute atomic E-state index is 11.5. The highest BCUT2D eigenvalue weighted by Gasteiger charge is 2.00. The van der Waals surface area contributed by atoms with E-state index in [1.54, 1.807) is 48.8 Å². The van der Waals surface area contributed by atoms with Crippen LogP contribution in [0, 0.1) is 0 Å². The molecule has 2 rings (SSSR count). The van der Waals surface area contributed by atoms with Crippen molar-refractivity contribution in [2.45, 2.75) is 11.5 Å². The molecular formula is C13H15N3O2S. The summed E-state index contributed by atoms with van der Waals surface area (Å²) in [6.07, 6.45) is 1.78. The zero-order chi connectivity index (χ0) is 13.7. The second-order valence-corrected chi connectivity index (χ2v) is 5.03. The molecule has 0 N–H and O–H groups in total. The number of hydrogen-bond acceptors (Lipinski definition) is 5. The van der Waals surface area contributed by atoms with Crippen molar-refractivity contribution >= 4 is 11.8 Å². The van der Waals surface area contributed by atoms with Gasteiger partial charge >= 0.3 is 0 Å². The maximum Gasteiger partial charge on any atom is 0.250 e. The maximum atomic E-state index is 11.5. The van der Waals surface area contributed by atoms with Crippen molar-refractivity contribution in [1.82, 2.24) is 14.8 Å². The summed E-state index contributed by atoms with van der Waals surface area (Å²) < 4.78 is 6.51. The predicted molar refractivity (Wildman–Crippen MR) is 75.3 cm³/mol. The van der Waals surface area contributed by atoms with E-state index in [4.69, 9.17) is 4.74 Å². The lowest BCUT2D eigenvalue weighted by atomic mass is 10.3. The third kappa shape index (κ3) is 3.82. The lowest BCUT2D eigenvalue weighted by Gasteiger charge is -2.03. The number of nitrogens with zero attached hydrogens (tertiary/aromatic N) is 3. The van der Waals surface area contributed by atoms with Crippen LogP contribution in [0.4, 0.5) is 0 Å². The SMILES string of the molecule is COc1ccc(CSCc2ccn(C)c(=O)c2)nn1. The van der Waals surface area contributed by atoms with Crippen LogP contribution < -0.4 is 10.3 Å². The number of aryl methyl sites for hydroxylation is 1. The van der Waals surface area contributed by atoms with Gasteiger partial charge in [-0.05, 0) is 17.7 Å². The van der Waals surface area contributed by atoms with E-state index in [1.165, 1.54) is 0 Å². The molecule has 0 radical (unpaired) electrons. The first-order chi connectivity index (χ1) is 9.19. The molecule has 0 saturated carbocycles. The van der Waals surface area contributed by atoms with Gasteiger partial charge in [0.1, 0.15) is 0 Å². The average Bonchev–Trinajstić information content (AvgIpc) is 2.43. The Hall–Kier alpha value is -1.82. The molecule has 2 aromatic heterocycles. The van der Waals surface area contributed by atoms with Gasteiger partial charge in [0.15, 0.2) is 0 Å². The Morgan fingerprint density at radius 2 is 2.11 bits per heavy atom. The summed E-state index contributed by atoms with van der Waals surface area (Å²) in [5.74, 6) is 2.05. The first-order valence-electron chi connectivity index (χ1n) is 5.79. The van der Waals surface area contributed by atoms with Crippen LogP contribution >= 0.6 is 11.8 Å². The molecule has 0 amide bonds. The van der Waals surface area contributed by atoms with Crippen LogP contribution in [0.3, 0.4) is 0 Å². The molecule has 0 aromatic carbocycles. The fraction of sp³-hybridized carbons (Fsp3) is 0.308. The minimum Gasteiger partial charge on any atom is -0.480 e. The van der Waals surface area contributed by atoms with Crippen molar-refractivity contribution < 1.29 is 4.74 Å². The fourth-order valence-electron chi connectivity index (χ4n) is 1.49. The molecule has 0 aliphatic carbocycles. The summed E-state index contributed by atoms with van der Waals surface area (Å²) in [4.78, 5) is 11.5. The number of rotatable bonds is 5. The van der Waals surface area contributed by atoms with Gasteiger partial charge in [0.05, 0.1) is 12.8 Å². The Balaban J connectivity index is 1.88. The summed E-state index contributed by atoms with van der Waals surface area (Å²) in [6, 6.07) is 7.30. The van der Waals surface area contributed by atoms with Crippen LogP contribution in [0.15, 0.2) is 35.3 Å². The highest BCUT2D eigenvalue weighted by molar-refractivity contribution is 7.97. The quantitative estimate of drug-likeness (QED) is 0.831. The number of thioether (sulfide) groups is 1. The zero-order valence-corrected chi connectivity index (χ0v) is 11.7. The van der Waals surface area contributed by atoms with E-state index < -0.39 is 0 Å². The van der Waals surface area contributed by atoms with Gasteiger partial charge in [-0.1, -0.05) is 0 Å². The van der Waals surface area contributed by atoms with Crippen LogP contribution in [-0.4, -0.2) is 21.9 Å². The van der Waals surface area contributed by atoms with Crippen molar-refractivity contribution in [3.8, 4) is 5.88 Å². The molecule has 6 heteroatoms. The van der Waals surface area contributed by atoms with E-state index in [0.717, 1.165) is 22.8 Å². The van der Waals surface area contributed by atoms with Crippen molar-refractivity contribution in [2.75, 3.05) is 7.11 Å². The molecular weight excluding hydrogens is 262 g/mol.